The van der Waals surface area contributed by atoms with E-state index in [-0.39, 0.29) is 11.5 Å². The molecule has 0 radical (unpaired) electrons. The van der Waals surface area contributed by atoms with Crippen LogP contribution < -0.4 is 0 Å². The predicted molar refractivity (Wildman–Crippen MR) is 133 cm³/mol. The van der Waals surface area contributed by atoms with Gasteiger partial charge in [0.1, 0.15) is 0 Å². The third-order valence-electron chi connectivity index (χ3n) is 7.51. The lowest BCUT2D eigenvalue weighted by Crippen LogP contribution is -2.29. The van der Waals surface area contributed by atoms with Gasteiger partial charge < -0.3 is 0 Å². The van der Waals surface area contributed by atoms with Crippen LogP contribution in [-0.2, 0) is 0 Å². The first-order valence-corrected chi connectivity index (χ1v) is 12.5. The molecule has 182 valence electrons. The van der Waals surface area contributed by atoms with Gasteiger partial charge >= 0.3 is 0 Å². The molecule has 1 aromatic rings. The molecule has 0 bridgehead atoms. The van der Waals surface area contributed by atoms with E-state index in [4.69, 9.17) is 0 Å². The van der Waals surface area contributed by atoms with Gasteiger partial charge in [0, 0.05) is 0 Å². The molecular formula is C30H34F4. The van der Waals surface area contributed by atoms with Crippen molar-refractivity contribution in [3.05, 3.63) is 83.0 Å². The summed E-state index contributed by atoms with van der Waals surface area (Å²) in [5.41, 5.74) is 2.70. The maximum atomic E-state index is 15.1. The van der Waals surface area contributed by atoms with Crippen LogP contribution in [0.5, 0.6) is 0 Å². The molecular weight excluding hydrogens is 436 g/mol. The molecule has 4 atom stereocenters. The Hall–Kier alpha value is -2.36. The monoisotopic (exact) mass is 470 g/mol. The smallest absolute Gasteiger partial charge is 0.161 e. The number of hydrogen-bond donors (Lipinski definition) is 0. The first-order valence-electron chi connectivity index (χ1n) is 12.5. The highest BCUT2D eigenvalue weighted by Crippen LogP contribution is 2.41. The van der Waals surface area contributed by atoms with Crippen molar-refractivity contribution in [1.29, 1.82) is 0 Å². The van der Waals surface area contributed by atoms with Gasteiger partial charge in [-0.05, 0) is 70.9 Å². The Bertz CT molecular complexity index is 1000. The zero-order chi connectivity index (χ0) is 24.2. The fourth-order valence-electron chi connectivity index (χ4n) is 5.31. The van der Waals surface area contributed by atoms with E-state index >= 15 is 8.78 Å². The van der Waals surface area contributed by atoms with Crippen molar-refractivity contribution >= 4 is 11.1 Å². The molecule has 3 aliphatic rings. The van der Waals surface area contributed by atoms with Crippen molar-refractivity contribution in [3.63, 3.8) is 0 Å². The van der Waals surface area contributed by atoms with E-state index in [1.54, 1.807) is 48.6 Å². The zero-order valence-electron chi connectivity index (χ0n) is 20.0. The van der Waals surface area contributed by atoms with E-state index in [0.29, 0.717) is 40.2 Å². The number of benzene rings is 1. The lowest BCUT2D eigenvalue weighted by Gasteiger charge is -2.33. The second kappa shape index (κ2) is 10.9. The van der Waals surface area contributed by atoms with E-state index in [0.717, 1.165) is 32.1 Å². The Labute approximate surface area is 200 Å². The molecule has 0 amide bonds. The summed E-state index contributed by atoms with van der Waals surface area (Å²) < 4.78 is 59.7. The molecule has 0 nitrogen and oxygen atoms in total. The van der Waals surface area contributed by atoms with Crippen LogP contribution in [0.2, 0.25) is 0 Å². The minimum Gasteiger partial charge on any atom is -0.239 e. The van der Waals surface area contributed by atoms with Gasteiger partial charge in [-0.3, -0.25) is 0 Å². The average Bonchev–Trinajstić information content (AvgIpc) is 2.85. The van der Waals surface area contributed by atoms with Crippen LogP contribution in [0.3, 0.4) is 0 Å². The van der Waals surface area contributed by atoms with Gasteiger partial charge in [0.25, 0.3) is 0 Å². The normalized spacial score (nSPS) is 32.2. The third kappa shape index (κ3) is 5.16. The van der Waals surface area contributed by atoms with Crippen LogP contribution in [0, 0.1) is 11.8 Å². The van der Waals surface area contributed by atoms with Crippen molar-refractivity contribution in [2.45, 2.75) is 77.1 Å². The molecule has 1 aromatic carbocycles. The number of allylic oxidation sites excluding steroid dienone is 10. The number of halogens is 4. The highest BCUT2D eigenvalue weighted by Gasteiger charge is 2.36. The van der Waals surface area contributed by atoms with Crippen molar-refractivity contribution in [1.82, 2.24) is 0 Å². The lowest BCUT2D eigenvalue weighted by molar-refractivity contribution is 0.209. The van der Waals surface area contributed by atoms with E-state index < -0.39 is 24.7 Å². The summed E-state index contributed by atoms with van der Waals surface area (Å²) in [6.45, 7) is 4.20. The number of alkyl halides is 4. The maximum absolute atomic E-state index is 15.1. The van der Waals surface area contributed by atoms with E-state index in [1.165, 1.54) is 0 Å². The predicted octanol–water partition coefficient (Wildman–Crippen LogP) is 8.87. The van der Waals surface area contributed by atoms with Gasteiger partial charge in [-0.2, -0.15) is 0 Å². The topological polar surface area (TPSA) is 0 Å². The van der Waals surface area contributed by atoms with E-state index in [1.807, 2.05) is 19.1 Å². The van der Waals surface area contributed by atoms with Crippen LogP contribution in [0.15, 0.2) is 71.9 Å². The van der Waals surface area contributed by atoms with Gasteiger partial charge in [-0.1, -0.05) is 87.4 Å². The lowest BCUT2D eigenvalue weighted by atomic mass is 9.75. The first kappa shape index (κ1) is 24.8. The molecule has 1 fully saturated rings. The minimum absolute atomic E-state index is 0.119. The molecule has 3 aliphatic carbocycles. The Morgan fingerprint density at radius 3 is 1.85 bits per heavy atom. The molecule has 4 unspecified atom stereocenters. The van der Waals surface area contributed by atoms with Crippen LogP contribution in [0.1, 0.15) is 63.5 Å². The van der Waals surface area contributed by atoms with Crippen LogP contribution in [-0.4, -0.2) is 24.7 Å². The molecule has 0 aliphatic heterocycles. The molecule has 0 N–H and O–H groups in total. The molecule has 0 spiro atoms. The highest BCUT2D eigenvalue weighted by molar-refractivity contribution is 5.77. The third-order valence-corrected chi connectivity index (χ3v) is 7.51. The first-order chi connectivity index (χ1) is 16.4. The Balaban J connectivity index is 1.52. The molecule has 4 rings (SSSR count). The summed E-state index contributed by atoms with van der Waals surface area (Å²) in [4.78, 5) is 0. The molecule has 0 aromatic heterocycles. The van der Waals surface area contributed by atoms with Crippen molar-refractivity contribution in [2.24, 2.45) is 11.8 Å². The van der Waals surface area contributed by atoms with Gasteiger partial charge in [0.05, 0.1) is 0 Å². The number of hydrogen-bond acceptors (Lipinski definition) is 0. The standard InChI is InChI=1S/C30H34F4/c1-3-4-5-6-23-15-16-24(28(32)27(23)31)21-11-13-22(14-12-21)26-18-17-25(29(33)30(26)34)20-9-7-19(2)8-10-20/h4-5,11-20,27-30H,3,6-10H2,1-2H3/b5-4-. The summed E-state index contributed by atoms with van der Waals surface area (Å²) in [7, 11) is 0. The fourth-order valence-corrected chi connectivity index (χ4v) is 5.31. The summed E-state index contributed by atoms with van der Waals surface area (Å²) >= 11 is 0. The summed E-state index contributed by atoms with van der Waals surface area (Å²) in [5, 5.41) is 0. The highest BCUT2D eigenvalue weighted by atomic mass is 19.2. The Morgan fingerprint density at radius 2 is 1.26 bits per heavy atom. The van der Waals surface area contributed by atoms with Crippen LogP contribution >= 0.6 is 0 Å². The summed E-state index contributed by atoms with van der Waals surface area (Å²) in [6.07, 6.45) is 8.93. The van der Waals surface area contributed by atoms with Gasteiger partial charge in [-0.15, -0.1) is 0 Å². The average molecular weight is 471 g/mol. The summed E-state index contributed by atoms with van der Waals surface area (Å²) in [6, 6.07) is 6.68. The quantitative estimate of drug-likeness (QED) is 0.288. The zero-order valence-corrected chi connectivity index (χ0v) is 20.0. The molecule has 0 heterocycles. The second-order valence-electron chi connectivity index (χ2n) is 9.88. The van der Waals surface area contributed by atoms with Gasteiger partial charge in [0.2, 0.25) is 0 Å². The SMILES string of the molecule is CC/C=C\CC1=CC=C(c2ccc(C3=CC=C(C4CCC(C)CC4)C(F)C3F)cc2)C(F)C1F. The fraction of sp³-hybridized carbons (Fsp3) is 0.467. The van der Waals surface area contributed by atoms with Gasteiger partial charge in [0.15, 0.2) is 24.7 Å². The van der Waals surface area contributed by atoms with Crippen LogP contribution in [0.25, 0.3) is 11.1 Å². The molecule has 34 heavy (non-hydrogen) atoms. The Morgan fingerprint density at radius 1 is 0.706 bits per heavy atom. The molecule has 0 saturated heterocycles. The van der Waals surface area contributed by atoms with E-state index in [2.05, 4.69) is 6.92 Å². The van der Waals surface area contributed by atoms with Crippen molar-refractivity contribution < 1.29 is 17.6 Å². The maximum Gasteiger partial charge on any atom is 0.161 e. The summed E-state index contributed by atoms with van der Waals surface area (Å²) in [5.74, 6) is 0.772. The van der Waals surface area contributed by atoms with Crippen molar-refractivity contribution in [2.75, 3.05) is 0 Å². The Kier molecular flexibility index (Phi) is 7.95. The largest absolute Gasteiger partial charge is 0.239 e. The second-order valence-corrected chi connectivity index (χ2v) is 9.88. The van der Waals surface area contributed by atoms with Gasteiger partial charge in [-0.25, -0.2) is 17.6 Å². The molecule has 1 saturated carbocycles. The van der Waals surface area contributed by atoms with Crippen molar-refractivity contribution in [3.8, 4) is 0 Å². The van der Waals surface area contributed by atoms with E-state index in [9.17, 15) is 8.78 Å². The molecule has 4 heteroatoms. The number of rotatable bonds is 6. The minimum atomic E-state index is -1.75. The van der Waals surface area contributed by atoms with Crippen LogP contribution in [0.4, 0.5) is 17.6 Å².